The molecule has 0 aromatic rings. The van der Waals surface area contributed by atoms with Crippen molar-refractivity contribution >= 4 is 9.24 Å². The summed E-state index contributed by atoms with van der Waals surface area (Å²) in [6.45, 7) is 17.4. The Morgan fingerprint density at radius 3 is 2.50 bits per heavy atom. The van der Waals surface area contributed by atoms with Gasteiger partial charge in [0.25, 0.3) is 0 Å². The molecule has 30 heavy (non-hydrogen) atoms. The quantitative estimate of drug-likeness (QED) is 0.225. The predicted octanol–water partition coefficient (Wildman–Crippen LogP) is 9.03. The van der Waals surface area contributed by atoms with Gasteiger partial charge in [0.15, 0.2) is 0 Å². The van der Waals surface area contributed by atoms with E-state index in [0.717, 1.165) is 38.0 Å². The van der Waals surface area contributed by atoms with Gasteiger partial charge < -0.3 is 5.11 Å². The molecule has 1 aliphatic carbocycles. The van der Waals surface area contributed by atoms with Crippen LogP contribution in [0.4, 0.5) is 0 Å². The molecule has 5 unspecified atom stereocenters. The molecule has 2 heteroatoms. The lowest BCUT2D eigenvalue weighted by atomic mass is 9.85. The second kappa shape index (κ2) is 16.3. The Morgan fingerprint density at radius 1 is 1.20 bits per heavy atom. The van der Waals surface area contributed by atoms with Gasteiger partial charge in [0, 0.05) is 5.66 Å². The zero-order valence-electron chi connectivity index (χ0n) is 21.6. The van der Waals surface area contributed by atoms with Gasteiger partial charge in [-0.25, -0.2) is 0 Å². The first kappa shape index (κ1) is 29.6. The first-order valence-corrected chi connectivity index (χ1v) is 13.3. The highest BCUT2D eigenvalue weighted by Crippen LogP contribution is 2.34. The van der Waals surface area contributed by atoms with E-state index in [0.29, 0.717) is 11.6 Å². The van der Waals surface area contributed by atoms with Gasteiger partial charge in [-0.3, -0.25) is 0 Å². The van der Waals surface area contributed by atoms with Crippen LogP contribution in [0.5, 0.6) is 0 Å². The Morgan fingerprint density at radius 2 is 1.87 bits per heavy atom. The number of allylic oxidation sites excluding steroid dienone is 6. The van der Waals surface area contributed by atoms with Crippen LogP contribution in [-0.4, -0.2) is 16.4 Å². The second-order valence-corrected chi connectivity index (χ2v) is 10.4. The average molecular weight is 437 g/mol. The van der Waals surface area contributed by atoms with Gasteiger partial charge in [-0.15, -0.1) is 9.24 Å². The molecule has 0 aromatic carbocycles. The lowest BCUT2D eigenvalue weighted by molar-refractivity contribution is 0.0407. The molecule has 0 saturated carbocycles. The van der Waals surface area contributed by atoms with Crippen LogP contribution in [0, 0.1) is 11.8 Å². The Balaban J connectivity index is 0.00000407. The van der Waals surface area contributed by atoms with Crippen LogP contribution in [-0.2, 0) is 0 Å². The van der Waals surface area contributed by atoms with E-state index in [-0.39, 0.29) is 0 Å². The predicted molar refractivity (Wildman–Crippen MR) is 141 cm³/mol. The highest BCUT2D eigenvalue weighted by atomic mass is 31.0. The van der Waals surface area contributed by atoms with Crippen molar-refractivity contribution in [2.24, 2.45) is 11.8 Å². The molecule has 0 aliphatic heterocycles. The minimum absolute atomic E-state index is 0.490. The fraction of sp³-hybridized carbons (Fsp3) is 0.786. The van der Waals surface area contributed by atoms with E-state index in [2.05, 4.69) is 62.1 Å². The van der Waals surface area contributed by atoms with Crippen LogP contribution >= 0.6 is 9.24 Å². The van der Waals surface area contributed by atoms with Gasteiger partial charge in [-0.1, -0.05) is 88.8 Å². The molecule has 0 saturated heterocycles. The Hall–Kier alpha value is -0.390. The molecule has 0 radical (unpaired) electrons. The summed E-state index contributed by atoms with van der Waals surface area (Å²) in [6, 6.07) is 0. The van der Waals surface area contributed by atoms with Gasteiger partial charge in [0.05, 0.1) is 5.60 Å². The van der Waals surface area contributed by atoms with Crippen LogP contribution in [0.2, 0.25) is 0 Å². The molecule has 0 fully saturated rings. The fourth-order valence-corrected chi connectivity index (χ4v) is 4.64. The maximum absolute atomic E-state index is 10.4. The van der Waals surface area contributed by atoms with E-state index in [9.17, 15) is 5.11 Å². The number of rotatable bonds is 13. The summed E-state index contributed by atoms with van der Waals surface area (Å²) < 4.78 is 0. The van der Waals surface area contributed by atoms with Gasteiger partial charge in [-0.2, -0.15) is 0 Å². The van der Waals surface area contributed by atoms with Crippen LogP contribution in [0.25, 0.3) is 0 Å². The van der Waals surface area contributed by atoms with Gasteiger partial charge in [0.1, 0.15) is 0 Å². The normalized spacial score (nSPS) is 22.4. The zero-order valence-corrected chi connectivity index (χ0v) is 22.7. The molecular formula is C28H53OP. The third-order valence-electron chi connectivity index (χ3n) is 6.68. The molecule has 176 valence electrons. The largest absolute Gasteiger partial charge is 0.390 e. The summed E-state index contributed by atoms with van der Waals surface area (Å²) in [7, 11) is 3.06. The van der Waals surface area contributed by atoms with Crippen molar-refractivity contribution < 1.29 is 5.11 Å². The van der Waals surface area contributed by atoms with Crippen LogP contribution in [0.3, 0.4) is 0 Å². The van der Waals surface area contributed by atoms with Crippen molar-refractivity contribution in [3.63, 3.8) is 0 Å². The van der Waals surface area contributed by atoms with E-state index in [1.807, 2.05) is 20.8 Å². The number of unbranched alkanes of at least 4 members (excludes halogenated alkanes) is 1. The van der Waals surface area contributed by atoms with E-state index in [1.54, 1.807) is 5.57 Å². The SMILES string of the molecule is CC.CCCCC(C)(O)CC/C=C(\C)CCCC(C)CCC1=CC=C(C)C(C)C1P. The molecule has 0 bridgehead atoms. The third kappa shape index (κ3) is 12.5. The molecule has 0 aromatic heterocycles. The average Bonchev–Trinajstić information content (AvgIpc) is 2.71. The topological polar surface area (TPSA) is 20.2 Å². The second-order valence-electron chi connectivity index (χ2n) is 9.69. The Labute approximate surface area is 192 Å². The summed E-state index contributed by atoms with van der Waals surface area (Å²) in [5.74, 6) is 1.46. The molecule has 0 spiro atoms. The molecule has 1 N–H and O–H groups in total. The smallest absolute Gasteiger partial charge is 0.0622 e. The van der Waals surface area contributed by atoms with Gasteiger partial charge in [-0.05, 0) is 77.6 Å². The Bertz CT molecular complexity index is 541. The lowest BCUT2D eigenvalue weighted by Crippen LogP contribution is -2.23. The van der Waals surface area contributed by atoms with Crippen molar-refractivity contribution in [3.8, 4) is 0 Å². The van der Waals surface area contributed by atoms with Crippen LogP contribution < -0.4 is 0 Å². The molecular weight excluding hydrogens is 383 g/mol. The maximum atomic E-state index is 10.4. The molecule has 1 nitrogen and oxygen atoms in total. The first-order chi connectivity index (χ1) is 14.2. The third-order valence-corrected chi connectivity index (χ3v) is 7.69. The summed E-state index contributed by atoms with van der Waals surface area (Å²) in [6.07, 6.45) is 18.5. The van der Waals surface area contributed by atoms with Crippen molar-refractivity contribution in [1.82, 2.24) is 0 Å². The van der Waals surface area contributed by atoms with Crippen molar-refractivity contribution in [1.29, 1.82) is 0 Å². The summed E-state index contributed by atoms with van der Waals surface area (Å²) >= 11 is 0. The molecule has 0 heterocycles. The number of hydrogen-bond donors (Lipinski definition) is 1. The van der Waals surface area contributed by atoms with Gasteiger partial charge in [0.2, 0.25) is 0 Å². The van der Waals surface area contributed by atoms with E-state index >= 15 is 0 Å². The van der Waals surface area contributed by atoms with Gasteiger partial charge >= 0.3 is 0 Å². The highest BCUT2D eigenvalue weighted by molar-refractivity contribution is 7.18. The van der Waals surface area contributed by atoms with Crippen LogP contribution in [0.15, 0.2) is 34.9 Å². The first-order valence-electron chi connectivity index (χ1n) is 12.7. The minimum Gasteiger partial charge on any atom is -0.390 e. The lowest BCUT2D eigenvalue weighted by Gasteiger charge is -2.27. The number of hydrogen-bond acceptors (Lipinski definition) is 1. The van der Waals surface area contributed by atoms with Crippen LogP contribution in [0.1, 0.15) is 120 Å². The van der Waals surface area contributed by atoms with E-state index in [1.165, 1.54) is 43.3 Å². The van der Waals surface area contributed by atoms with E-state index in [4.69, 9.17) is 0 Å². The zero-order chi connectivity index (χ0) is 23.2. The van der Waals surface area contributed by atoms with Crippen molar-refractivity contribution in [3.05, 3.63) is 34.9 Å². The fourth-order valence-electron chi connectivity index (χ4n) is 4.06. The standard InChI is InChI=1S/C26H47OP.C2H6/c1-7-8-18-26(6,27)19-10-13-20(2)11-9-12-21(3)14-16-24-17-15-22(4)23(5)25(24)28;1-2/h13,15,17,21,23,25,27H,7-12,14,16,18-19,28H2,1-6H3;1-2H3/b20-13+;. The highest BCUT2D eigenvalue weighted by Gasteiger charge is 2.21. The minimum atomic E-state index is -0.490. The molecule has 5 atom stereocenters. The van der Waals surface area contributed by atoms with Crippen molar-refractivity contribution in [2.45, 2.75) is 131 Å². The summed E-state index contributed by atoms with van der Waals surface area (Å²) in [5.41, 5.74) is 4.74. The van der Waals surface area contributed by atoms with E-state index < -0.39 is 5.60 Å². The molecule has 1 rings (SSSR count). The van der Waals surface area contributed by atoms with Crippen molar-refractivity contribution in [2.75, 3.05) is 0 Å². The summed E-state index contributed by atoms with van der Waals surface area (Å²) in [5, 5.41) is 10.4. The Kier molecular flexibility index (Phi) is 16.1. The molecule has 0 amide bonds. The molecule has 1 aliphatic rings. The number of aliphatic hydroxyl groups is 1. The monoisotopic (exact) mass is 436 g/mol. The summed E-state index contributed by atoms with van der Waals surface area (Å²) in [4.78, 5) is 0. The maximum Gasteiger partial charge on any atom is 0.0622 e.